The van der Waals surface area contributed by atoms with Gasteiger partial charge in [0.2, 0.25) is 0 Å². The Morgan fingerprint density at radius 2 is 1.62 bits per heavy atom. The Bertz CT molecular complexity index is 958. The van der Waals surface area contributed by atoms with Gasteiger partial charge >= 0.3 is 0 Å². The second-order valence-corrected chi connectivity index (χ2v) is 5.23. The van der Waals surface area contributed by atoms with Crippen molar-refractivity contribution in [3.63, 3.8) is 0 Å². The van der Waals surface area contributed by atoms with Crippen LogP contribution in [0.4, 0.5) is 0 Å². The molecule has 2 aromatic heterocycles. The third-order valence-corrected chi connectivity index (χ3v) is 3.96. The summed E-state index contributed by atoms with van der Waals surface area (Å²) in [4.78, 5) is 8.83. The lowest BCUT2D eigenvalue weighted by Crippen LogP contribution is -1.89. The van der Waals surface area contributed by atoms with Crippen LogP contribution >= 0.6 is 0 Å². The van der Waals surface area contributed by atoms with Gasteiger partial charge in [-0.15, -0.1) is 0 Å². The molecular weight excluding hydrogens is 256 g/mol. The Hall–Kier alpha value is -2.74. The highest BCUT2D eigenvalue weighted by Gasteiger charge is 2.09. The van der Waals surface area contributed by atoms with Crippen molar-refractivity contribution in [1.29, 1.82) is 0 Å². The Kier molecular flexibility index (Phi) is 2.68. The average Bonchev–Trinajstić information content (AvgIpc) is 2.55. The lowest BCUT2D eigenvalue weighted by atomic mass is 9.97. The van der Waals surface area contributed by atoms with Crippen LogP contribution in [0.2, 0.25) is 0 Å². The molecule has 4 aromatic rings. The molecule has 0 atom stereocenters. The van der Waals surface area contributed by atoms with E-state index in [1.807, 2.05) is 18.6 Å². The molecule has 0 aliphatic carbocycles. The molecule has 0 N–H and O–H groups in total. The highest BCUT2D eigenvalue weighted by molar-refractivity contribution is 6.11. The normalized spacial score (nSPS) is 11.1. The van der Waals surface area contributed by atoms with Gasteiger partial charge in [-0.25, -0.2) is 0 Å². The molecule has 4 rings (SSSR count). The van der Waals surface area contributed by atoms with Gasteiger partial charge in [0, 0.05) is 34.9 Å². The number of benzene rings is 2. The van der Waals surface area contributed by atoms with E-state index < -0.39 is 0 Å². The van der Waals surface area contributed by atoms with E-state index in [0.29, 0.717) is 0 Å². The number of pyridine rings is 2. The van der Waals surface area contributed by atoms with Crippen molar-refractivity contribution in [3.8, 4) is 11.3 Å². The third kappa shape index (κ3) is 1.88. The number of nitrogens with zero attached hydrogens (tertiary/aromatic N) is 2. The molecule has 0 amide bonds. The van der Waals surface area contributed by atoms with Crippen molar-refractivity contribution >= 4 is 21.5 Å². The van der Waals surface area contributed by atoms with Gasteiger partial charge in [-0.1, -0.05) is 36.4 Å². The van der Waals surface area contributed by atoms with Crippen LogP contribution in [0.25, 0.3) is 32.8 Å². The number of rotatable bonds is 1. The van der Waals surface area contributed by atoms with Gasteiger partial charge in [0.05, 0.1) is 5.69 Å². The molecule has 0 saturated carbocycles. The van der Waals surface area contributed by atoms with E-state index in [0.717, 1.165) is 11.1 Å². The lowest BCUT2D eigenvalue weighted by Gasteiger charge is -2.10. The highest BCUT2D eigenvalue weighted by atomic mass is 14.7. The number of aromatic nitrogens is 2. The van der Waals surface area contributed by atoms with Gasteiger partial charge in [-0.3, -0.25) is 9.97 Å². The smallest absolute Gasteiger partial charge is 0.0783 e. The first-order valence-electron chi connectivity index (χ1n) is 7.02. The maximum absolute atomic E-state index is 4.63. The summed E-state index contributed by atoms with van der Waals surface area (Å²) < 4.78 is 0. The number of hydrogen-bond acceptors (Lipinski definition) is 2. The van der Waals surface area contributed by atoms with Crippen LogP contribution in [0.15, 0.2) is 67.1 Å². The monoisotopic (exact) mass is 270 g/mol. The fourth-order valence-corrected chi connectivity index (χ4v) is 2.89. The lowest BCUT2D eigenvalue weighted by molar-refractivity contribution is 1.33. The molecule has 100 valence electrons. The van der Waals surface area contributed by atoms with Gasteiger partial charge < -0.3 is 0 Å². The van der Waals surface area contributed by atoms with E-state index >= 15 is 0 Å². The molecular formula is C19H14N2. The summed E-state index contributed by atoms with van der Waals surface area (Å²) >= 11 is 0. The van der Waals surface area contributed by atoms with Crippen molar-refractivity contribution in [2.45, 2.75) is 6.92 Å². The van der Waals surface area contributed by atoms with E-state index in [1.54, 1.807) is 0 Å². The average molecular weight is 270 g/mol. The van der Waals surface area contributed by atoms with Crippen LogP contribution < -0.4 is 0 Å². The number of aryl methyl sites for hydroxylation is 1. The zero-order valence-corrected chi connectivity index (χ0v) is 11.7. The predicted molar refractivity (Wildman–Crippen MR) is 87.2 cm³/mol. The van der Waals surface area contributed by atoms with E-state index in [-0.39, 0.29) is 0 Å². The van der Waals surface area contributed by atoms with E-state index in [2.05, 4.69) is 65.4 Å². The molecule has 2 heteroatoms. The highest BCUT2D eigenvalue weighted by Crippen LogP contribution is 2.32. The van der Waals surface area contributed by atoms with Crippen molar-refractivity contribution in [2.24, 2.45) is 0 Å². The standard InChI is InChI=1S/C19H14N2/c1-13-4-2-3-5-15(13)19-18-7-6-14-12-20-10-8-16(14)17(18)9-11-21-19/h2-12H,1H3. The van der Waals surface area contributed by atoms with Crippen LogP contribution in [-0.2, 0) is 0 Å². The first-order valence-corrected chi connectivity index (χ1v) is 7.02. The van der Waals surface area contributed by atoms with Crippen molar-refractivity contribution in [2.75, 3.05) is 0 Å². The summed E-state index contributed by atoms with van der Waals surface area (Å²) in [6, 6.07) is 16.8. The molecule has 0 bridgehead atoms. The Labute approximate surface area is 123 Å². The van der Waals surface area contributed by atoms with Crippen molar-refractivity contribution in [3.05, 3.63) is 72.7 Å². The van der Waals surface area contributed by atoms with Gasteiger partial charge in [0.25, 0.3) is 0 Å². The molecule has 2 aromatic carbocycles. The van der Waals surface area contributed by atoms with E-state index in [4.69, 9.17) is 0 Å². The number of hydrogen-bond donors (Lipinski definition) is 0. The van der Waals surface area contributed by atoms with Crippen LogP contribution in [0.3, 0.4) is 0 Å². The van der Waals surface area contributed by atoms with Crippen molar-refractivity contribution < 1.29 is 0 Å². The fourth-order valence-electron chi connectivity index (χ4n) is 2.89. The first-order chi connectivity index (χ1) is 10.3. The van der Waals surface area contributed by atoms with Crippen molar-refractivity contribution in [1.82, 2.24) is 9.97 Å². The zero-order chi connectivity index (χ0) is 14.2. The predicted octanol–water partition coefficient (Wildman–Crippen LogP) is 4.76. The molecule has 0 unspecified atom stereocenters. The van der Waals surface area contributed by atoms with E-state index in [1.165, 1.54) is 27.3 Å². The molecule has 2 heterocycles. The molecule has 0 aliphatic rings. The molecule has 0 radical (unpaired) electrons. The molecule has 0 saturated heterocycles. The Morgan fingerprint density at radius 1 is 0.762 bits per heavy atom. The molecule has 21 heavy (non-hydrogen) atoms. The number of fused-ring (bicyclic) bond motifs is 3. The second kappa shape index (κ2) is 4.67. The maximum atomic E-state index is 4.63. The van der Waals surface area contributed by atoms with Gasteiger partial charge in [-0.2, -0.15) is 0 Å². The summed E-state index contributed by atoms with van der Waals surface area (Å²) in [5, 5.41) is 4.79. The van der Waals surface area contributed by atoms with Gasteiger partial charge in [0.15, 0.2) is 0 Å². The molecule has 2 nitrogen and oxygen atoms in total. The van der Waals surface area contributed by atoms with Crippen LogP contribution in [-0.4, -0.2) is 9.97 Å². The van der Waals surface area contributed by atoms with Gasteiger partial charge in [0.1, 0.15) is 0 Å². The van der Waals surface area contributed by atoms with Crippen LogP contribution in [0, 0.1) is 6.92 Å². The molecule has 0 spiro atoms. The molecule has 0 fully saturated rings. The Morgan fingerprint density at radius 3 is 2.52 bits per heavy atom. The quantitative estimate of drug-likeness (QED) is 0.466. The Balaban J connectivity index is 2.12. The molecule has 0 aliphatic heterocycles. The minimum Gasteiger partial charge on any atom is -0.264 e. The first kappa shape index (κ1) is 12.0. The van der Waals surface area contributed by atoms with Crippen LogP contribution in [0.5, 0.6) is 0 Å². The van der Waals surface area contributed by atoms with E-state index in [9.17, 15) is 0 Å². The summed E-state index contributed by atoms with van der Waals surface area (Å²) in [6.07, 6.45) is 5.64. The SMILES string of the molecule is Cc1ccccc1-c1nccc2c1ccc1cnccc12. The second-order valence-electron chi connectivity index (χ2n) is 5.23. The minimum absolute atomic E-state index is 1.05. The minimum atomic E-state index is 1.05. The third-order valence-electron chi connectivity index (χ3n) is 3.96. The summed E-state index contributed by atoms with van der Waals surface area (Å²) in [5.74, 6) is 0. The summed E-state index contributed by atoms with van der Waals surface area (Å²) in [7, 11) is 0. The summed E-state index contributed by atoms with van der Waals surface area (Å²) in [6.45, 7) is 2.13. The topological polar surface area (TPSA) is 25.8 Å². The zero-order valence-electron chi connectivity index (χ0n) is 11.7. The fraction of sp³-hybridized carbons (Fsp3) is 0.0526. The summed E-state index contributed by atoms with van der Waals surface area (Å²) in [5.41, 5.74) is 3.48. The largest absolute Gasteiger partial charge is 0.264 e. The maximum Gasteiger partial charge on any atom is 0.0783 e. The van der Waals surface area contributed by atoms with Gasteiger partial charge in [-0.05, 0) is 35.4 Å². The van der Waals surface area contributed by atoms with Crippen LogP contribution in [0.1, 0.15) is 5.56 Å².